The third kappa shape index (κ3) is 2.33. The van der Waals surface area contributed by atoms with Crippen LogP contribution in [0.2, 0.25) is 0 Å². The summed E-state index contributed by atoms with van der Waals surface area (Å²) in [4.78, 5) is 2.12. The minimum atomic E-state index is 0.860. The van der Waals surface area contributed by atoms with Crippen molar-refractivity contribution in [1.29, 1.82) is 0 Å². The van der Waals surface area contributed by atoms with Gasteiger partial charge in [-0.15, -0.1) is 25.3 Å². The first kappa shape index (κ1) is 7.03. The molecule has 0 aromatic rings. The van der Waals surface area contributed by atoms with Crippen molar-refractivity contribution >= 4 is 25.3 Å². The third-order valence-electron chi connectivity index (χ3n) is 1.05. The first-order chi connectivity index (χ1) is 4.29. The van der Waals surface area contributed by atoms with Crippen LogP contribution in [0.3, 0.4) is 0 Å². The van der Waals surface area contributed by atoms with Gasteiger partial charge in [-0.2, -0.15) is 0 Å². The van der Waals surface area contributed by atoms with Gasteiger partial charge in [0.05, 0.1) is 0 Å². The monoisotopic (exact) mass is 156 g/mol. The average molecular weight is 156 g/mol. The maximum Gasteiger partial charge on any atom is 0.00893 e. The molecule has 0 N–H and O–H groups in total. The summed E-state index contributed by atoms with van der Waals surface area (Å²) >= 11 is 8.42. The number of allylic oxidation sites excluding steroid dienone is 6. The second-order valence-electron chi connectivity index (χ2n) is 1.88. The van der Waals surface area contributed by atoms with E-state index in [4.69, 9.17) is 0 Å². The lowest BCUT2D eigenvalue weighted by Crippen LogP contribution is -1.70. The van der Waals surface area contributed by atoms with Gasteiger partial charge < -0.3 is 0 Å². The van der Waals surface area contributed by atoms with Crippen LogP contribution in [0.15, 0.2) is 34.1 Å². The van der Waals surface area contributed by atoms with E-state index in [0.717, 1.165) is 16.2 Å². The Hall–Kier alpha value is -0.0800. The van der Waals surface area contributed by atoms with Crippen molar-refractivity contribution in [2.75, 3.05) is 0 Å². The van der Waals surface area contributed by atoms with Gasteiger partial charge in [-0.3, -0.25) is 0 Å². The maximum absolute atomic E-state index is 4.21. The van der Waals surface area contributed by atoms with Gasteiger partial charge in [0.2, 0.25) is 0 Å². The summed E-state index contributed by atoms with van der Waals surface area (Å²) in [7, 11) is 0. The molecule has 0 unspecified atom stereocenters. The van der Waals surface area contributed by atoms with E-state index in [0.29, 0.717) is 0 Å². The highest BCUT2D eigenvalue weighted by molar-refractivity contribution is 7.85. The van der Waals surface area contributed by atoms with E-state index in [9.17, 15) is 0 Å². The molecule has 0 amide bonds. The zero-order chi connectivity index (χ0) is 6.69. The van der Waals surface area contributed by atoms with Crippen LogP contribution in [0.5, 0.6) is 0 Å². The summed E-state index contributed by atoms with van der Waals surface area (Å²) in [5.74, 6) is 0. The summed E-state index contributed by atoms with van der Waals surface area (Å²) in [6.45, 7) is 0. The maximum atomic E-state index is 4.21. The van der Waals surface area contributed by atoms with Crippen LogP contribution in [-0.2, 0) is 0 Å². The van der Waals surface area contributed by atoms with Gasteiger partial charge in [0.15, 0.2) is 0 Å². The Labute approximate surface area is 66.2 Å². The number of hydrogen-bond acceptors (Lipinski definition) is 2. The first-order valence-electron chi connectivity index (χ1n) is 2.73. The molecule has 0 aliphatic heterocycles. The van der Waals surface area contributed by atoms with Crippen LogP contribution in [-0.4, -0.2) is 0 Å². The molecule has 0 atom stereocenters. The van der Waals surface area contributed by atoms with Crippen LogP contribution in [0.4, 0.5) is 0 Å². The molecule has 0 saturated heterocycles. The van der Waals surface area contributed by atoms with E-state index >= 15 is 0 Å². The summed E-state index contributed by atoms with van der Waals surface area (Å²) in [5, 5.41) is 0. The van der Waals surface area contributed by atoms with Crippen molar-refractivity contribution in [2.24, 2.45) is 0 Å². The highest BCUT2D eigenvalue weighted by Gasteiger charge is 1.93. The Balaban J connectivity index is 2.77. The van der Waals surface area contributed by atoms with Crippen LogP contribution in [0.1, 0.15) is 6.42 Å². The molecule has 0 aromatic carbocycles. The fourth-order valence-corrected chi connectivity index (χ4v) is 1.27. The smallest absolute Gasteiger partial charge is 0.00893 e. The predicted molar refractivity (Wildman–Crippen MR) is 47.9 cm³/mol. The molecule has 0 saturated carbocycles. The molecular weight excluding hydrogens is 148 g/mol. The molecule has 0 aromatic heterocycles. The number of rotatable bonds is 0. The van der Waals surface area contributed by atoms with Gasteiger partial charge in [-0.05, 0) is 9.81 Å². The van der Waals surface area contributed by atoms with Crippen LogP contribution >= 0.6 is 25.3 Å². The van der Waals surface area contributed by atoms with Crippen molar-refractivity contribution in [1.82, 2.24) is 0 Å². The van der Waals surface area contributed by atoms with Crippen LogP contribution in [0, 0.1) is 0 Å². The Kier molecular flexibility index (Phi) is 2.49. The van der Waals surface area contributed by atoms with E-state index in [-0.39, 0.29) is 0 Å². The molecule has 1 aliphatic carbocycles. The Morgan fingerprint density at radius 1 is 1.00 bits per heavy atom. The fourth-order valence-electron chi connectivity index (χ4n) is 0.637. The van der Waals surface area contributed by atoms with Gasteiger partial charge >= 0.3 is 0 Å². The van der Waals surface area contributed by atoms with Crippen LogP contribution < -0.4 is 0 Å². The quantitative estimate of drug-likeness (QED) is 0.495. The lowest BCUT2D eigenvalue weighted by atomic mass is 10.4. The second-order valence-corrected chi connectivity index (χ2v) is 3.03. The molecule has 1 aliphatic rings. The summed E-state index contributed by atoms with van der Waals surface area (Å²) in [6, 6.07) is 0. The highest BCUT2D eigenvalue weighted by Crippen LogP contribution is 2.19. The van der Waals surface area contributed by atoms with E-state index in [1.54, 1.807) is 0 Å². The highest BCUT2D eigenvalue weighted by atomic mass is 32.1. The molecule has 1 rings (SSSR count). The van der Waals surface area contributed by atoms with E-state index < -0.39 is 0 Å². The Morgan fingerprint density at radius 3 is 1.89 bits per heavy atom. The largest absolute Gasteiger partial charge is 0.148 e. The second kappa shape index (κ2) is 3.18. The molecule has 9 heavy (non-hydrogen) atoms. The first-order valence-corrected chi connectivity index (χ1v) is 3.63. The lowest BCUT2D eigenvalue weighted by molar-refractivity contribution is 1.35. The predicted octanol–water partition coefficient (Wildman–Crippen LogP) is 2.57. The summed E-state index contributed by atoms with van der Waals surface area (Å²) < 4.78 is 0. The van der Waals surface area contributed by atoms with Crippen molar-refractivity contribution < 1.29 is 0 Å². The van der Waals surface area contributed by atoms with Crippen molar-refractivity contribution in [3.05, 3.63) is 34.1 Å². The lowest BCUT2D eigenvalue weighted by Gasteiger charge is -1.93. The minimum Gasteiger partial charge on any atom is -0.148 e. The van der Waals surface area contributed by atoms with Gasteiger partial charge in [-0.1, -0.05) is 24.3 Å². The van der Waals surface area contributed by atoms with E-state index in [1.165, 1.54) is 0 Å². The standard InChI is InChI=1S/C7H8S2/c8-6-3-1-2-4-7(9)5-6/h1-4,8-9H,5H2. The van der Waals surface area contributed by atoms with E-state index in [2.05, 4.69) is 25.3 Å². The minimum absolute atomic E-state index is 0.860. The zero-order valence-electron chi connectivity index (χ0n) is 4.91. The molecule has 0 bridgehead atoms. The Morgan fingerprint density at radius 2 is 1.44 bits per heavy atom. The third-order valence-corrected chi connectivity index (χ3v) is 1.66. The topological polar surface area (TPSA) is 0 Å². The molecule has 0 heterocycles. The van der Waals surface area contributed by atoms with Gasteiger partial charge in [-0.25, -0.2) is 0 Å². The van der Waals surface area contributed by atoms with Gasteiger partial charge in [0.25, 0.3) is 0 Å². The van der Waals surface area contributed by atoms with Crippen molar-refractivity contribution in [2.45, 2.75) is 6.42 Å². The molecule has 0 spiro atoms. The fraction of sp³-hybridized carbons (Fsp3) is 0.143. The molecule has 0 nitrogen and oxygen atoms in total. The SMILES string of the molecule is SC1=CC=CC=C(S)C1. The van der Waals surface area contributed by atoms with Crippen molar-refractivity contribution in [3.8, 4) is 0 Å². The molecular formula is C7H8S2. The van der Waals surface area contributed by atoms with Crippen molar-refractivity contribution in [3.63, 3.8) is 0 Å². The molecule has 0 fully saturated rings. The normalized spacial score (nSPS) is 18.4. The number of hydrogen-bond donors (Lipinski definition) is 2. The van der Waals surface area contributed by atoms with E-state index in [1.807, 2.05) is 24.3 Å². The average Bonchev–Trinajstić information content (AvgIpc) is 1.93. The molecule has 2 heteroatoms. The van der Waals surface area contributed by atoms with Gasteiger partial charge in [0, 0.05) is 6.42 Å². The number of thiol groups is 2. The summed E-state index contributed by atoms with van der Waals surface area (Å²) in [6.07, 6.45) is 8.74. The summed E-state index contributed by atoms with van der Waals surface area (Å²) in [5.41, 5.74) is 0. The van der Waals surface area contributed by atoms with Crippen LogP contribution in [0.25, 0.3) is 0 Å². The zero-order valence-corrected chi connectivity index (χ0v) is 6.70. The Bertz CT molecular complexity index is 167. The molecule has 0 radical (unpaired) electrons. The van der Waals surface area contributed by atoms with Gasteiger partial charge in [0.1, 0.15) is 0 Å². The molecule has 48 valence electrons.